The molecule has 0 nitrogen and oxygen atoms in total. The molecule has 0 aliphatic heterocycles. The van der Waals surface area contributed by atoms with Crippen molar-refractivity contribution in [2.24, 2.45) is 0 Å². The van der Waals surface area contributed by atoms with E-state index in [0.29, 0.717) is 0 Å². The van der Waals surface area contributed by atoms with Crippen LogP contribution in [0.3, 0.4) is 0 Å². The Morgan fingerprint density at radius 3 is 2.54 bits per heavy atom. The monoisotopic (exact) mass is 184 g/mol. The van der Waals surface area contributed by atoms with Gasteiger partial charge in [-0.1, -0.05) is 36.4 Å². The average molecular weight is 184 g/mol. The Balaban J connectivity index is 2.65. The van der Waals surface area contributed by atoms with Gasteiger partial charge in [0.1, 0.15) is 0 Å². The van der Waals surface area contributed by atoms with E-state index >= 15 is 0 Å². The standard InChI is InChI=1S/C12H8S/c1-2-4-11-9(3-1)5-6-10-7-13-8-12(10)11/h1-8H. The van der Waals surface area contributed by atoms with E-state index in [0.717, 1.165) is 0 Å². The van der Waals surface area contributed by atoms with Gasteiger partial charge in [0.05, 0.1) is 0 Å². The second-order valence-electron chi connectivity index (χ2n) is 3.16. The van der Waals surface area contributed by atoms with E-state index in [1.54, 1.807) is 11.3 Å². The van der Waals surface area contributed by atoms with E-state index in [1.165, 1.54) is 21.5 Å². The molecule has 0 radical (unpaired) electrons. The summed E-state index contributed by atoms with van der Waals surface area (Å²) in [6, 6.07) is 12.9. The molecule has 0 atom stereocenters. The zero-order valence-electron chi connectivity index (χ0n) is 7.03. The fourth-order valence-electron chi connectivity index (χ4n) is 1.72. The zero-order valence-corrected chi connectivity index (χ0v) is 7.84. The molecule has 1 heterocycles. The van der Waals surface area contributed by atoms with Crippen molar-refractivity contribution in [3.8, 4) is 0 Å². The lowest BCUT2D eigenvalue weighted by Gasteiger charge is -1.97. The van der Waals surface area contributed by atoms with Crippen molar-refractivity contribution < 1.29 is 0 Å². The van der Waals surface area contributed by atoms with E-state index in [1.807, 2.05) is 0 Å². The van der Waals surface area contributed by atoms with Crippen LogP contribution in [0.5, 0.6) is 0 Å². The summed E-state index contributed by atoms with van der Waals surface area (Å²) >= 11 is 1.77. The SMILES string of the molecule is c1ccc2c(c1)ccc1cscc12. The third-order valence-corrected chi connectivity index (χ3v) is 3.15. The molecule has 3 rings (SSSR count). The molecular weight excluding hydrogens is 176 g/mol. The number of fused-ring (bicyclic) bond motifs is 3. The molecule has 0 amide bonds. The van der Waals surface area contributed by atoms with Crippen molar-refractivity contribution in [1.29, 1.82) is 0 Å². The predicted molar refractivity (Wildman–Crippen MR) is 59.3 cm³/mol. The minimum atomic E-state index is 1.33. The van der Waals surface area contributed by atoms with Crippen LogP contribution in [-0.4, -0.2) is 0 Å². The van der Waals surface area contributed by atoms with E-state index in [4.69, 9.17) is 0 Å². The normalized spacial score (nSPS) is 11.1. The first-order valence-corrected chi connectivity index (χ1v) is 5.23. The summed E-state index contributed by atoms with van der Waals surface area (Å²) in [5.41, 5.74) is 0. The molecule has 0 unspecified atom stereocenters. The molecule has 0 spiro atoms. The number of hydrogen-bond donors (Lipinski definition) is 0. The summed E-state index contributed by atoms with van der Waals surface area (Å²) in [5, 5.41) is 9.83. The molecule has 0 bridgehead atoms. The second kappa shape index (κ2) is 2.57. The first-order chi connectivity index (χ1) is 6.45. The number of rotatable bonds is 0. The van der Waals surface area contributed by atoms with Gasteiger partial charge in [-0.15, -0.1) is 0 Å². The van der Waals surface area contributed by atoms with Gasteiger partial charge in [-0.2, -0.15) is 11.3 Å². The fraction of sp³-hybridized carbons (Fsp3) is 0. The molecule has 1 aromatic heterocycles. The molecule has 62 valence electrons. The summed E-state index contributed by atoms with van der Waals surface area (Å²) in [6.45, 7) is 0. The first-order valence-electron chi connectivity index (χ1n) is 4.29. The first kappa shape index (κ1) is 7.10. The summed E-state index contributed by atoms with van der Waals surface area (Å²) in [4.78, 5) is 0. The topological polar surface area (TPSA) is 0 Å². The summed E-state index contributed by atoms with van der Waals surface area (Å²) < 4.78 is 0. The summed E-state index contributed by atoms with van der Waals surface area (Å²) in [6.07, 6.45) is 0. The van der Waals surface area contributed by atoms with Gasteiger partial charge in [-0.25, -0.2) is 0 Å². The van der Waals surface area contributed by atoms with Gasteiger partial charge in [-0.3, -0.25) is 0 Å². The zero-order chi connectivity index (χ0) is 8.67. The Morgan fingerprint density at radius 2 is 1.54 bits per heavy atom. The van der Waals surface area contributed by atoms with Crippen LogP contribution >= 0.6 is 11.3 Å². The fourth-order valence-corrected chi connectivity index (χ4v) is 2.54. The minimum absolute atomic E-state index is 1.33. The highest BCUT2D eigenvalue weighted by molar-refractivity contribution is 7.09. The Hall–Kier alpha value is -1.34. The quantitative estimate of drug-likeness (QED) is 0.494. The van der Waals surface area contributed by atoms with Gasteiger partial charge in [-0.05, 0) is 26.9 Å². The molecule has 0 aliphatic carbocycles. The lowest BCUT2D eigenvalue weighted by molar-refractivity contribution is 1.81. The molecule has 0 saturated carbocycles. The predicted octanol–water partition coefficient (Wildman–Crippen LogP) is 4.05. The Labute approximate surface area is 80.4 Å². The highest BCUT2D eigenvalue weighted by atomic mass is 32.1. The molecule has 2 aromatic carbocycles. The van der Waals surface area contributed by atoms with Crippen LogP contribution < -0.4 is 0 Å². The number of thiophene rings is 1. The maximum Gasteiger partial charge on any atom is 0.000183 e. The highest BCUT2D eigenvalue weighted by Gasteiger charge is 1.98. The maximum atomic E-state index is 2.22. The highest BCUT2D eigenvalue weighted by Crippen LogP contribution is 2.27. The van der Waals surface area contributed by atoms with Crippen LogP contribution in [0.2, 0.25) is 0 Å². The van der Waals surface area contributed by atoms with Crippen LogP contribution in [0.25, 0.3) is 21.5 Å². The molecule has 1 heteroatoms. The summed E-state index contributed by atoms with van der Waals surface area (Å²) in [5.74, 6) is 0. The van der Waals surface area contributed by atoms with Crippen LogP contribution in [0.1, 0.15) is 0 Å². The summed E-state index contributed by atoms with van der Waals surface area (Å²) in [7, 11) is 0. The smallest absolute Gasteiger partial charge is 0.000183 e. The molecular formula is C12H8S. The van der Waals surface area contributed by atoms with Crippen LogP contribution in [0.4, 0.5) is 0 Å². The molecule has 0 fully saturated rings. The lowest BCUT2D eigenvalue weighted by atomic mass is 10.1. The van der Waals surface area contributed by atoms with E-state index < -0.39 is 0 Å². The molecule has 0 aliphatic rings. The second-order valence-corrected chi connectivity index (χ2v) is 3.90. The lowest BCUT2D eigenvalue weighted by Crippen LogP contribution is -1.71. The van der Waals surface area contributed by atoms with Gasteiger partial charge < -0.3 is 0 Å². The minimum Gasteiger partial charge on any atom is -0.151 e. The maximum absolute atomic E-state index is 2.22. The Morgan fingerprint density at radius 1 is 0.692 bits per heavy atom. The van der Waals surface area contributed by atoms with Crippen molar-refractivity contribution in [3.63, 3.8) is 0 Å². The van der Waals surface area contributed by atoms with Gasteiger partial charge in [0, 0.05) is 5.39 Å². The molecule has 0 N–H and O–H groups in total. The molecule has 3 aromatic rings. The van der Waals surface area contributed by atoms with E-state index in [2.05, 4.69) is 47.2 Å². The Kier molecular flexibility index (Phi) is 1.41. The average Bonchev–Trinajstić information content (AvgIpc) is 2.65. The van der Waals surface area contributed by atoms with Gasteiger partial charge in [0.2, 0.25) is 0 Å². The number of benzene rings is 2. The largest absolute Gasteiger partial charge is 0.151 e. The van der Waals surface area contributed by atoms with E-state index in [9.17, 15) is 0 Å². The third-order valence-electron chi connectivity index (χ3n) is 2.39. The van der Waals surface area contributed by atoms with Crippen molar-refractivity contribution in [2.45, 2.75) is 0 Å². The van der Waals surface area contributed by atoms with E-state index in [-0.39, 0.29) is 0 Å². The van der Waals surface area contributed by atoms with Crippen molar-refractivity contribution >= 4 is 32.9 Å². The third kappa shape index (κ3) is 0.973. The van der Waals surface area contributed by atoms with Crippen molar-refractivity contribution in [2.75, 3.05) is 0 Å². The molecule has 0 saturated heterocycles. The van der Waals surface area contributed by atoms with Crippen molar-refractivity contribution in [1.82, 2.24) is 0 Å². The van der Waals surface area contributed by atoms with Crippen LogP contribution in [-0.2, 0) is 0 Å². The molecule has 13 heavy (non-hydrogen) atoms. The van der Waals surface area contributed by atoms with Crippen molar-refractivity contribution in [3.05, 3.63) is 47.2 Å². The number of hydrogen-bond acceptors (Lipinski definition) is 1. The van der Waals surface area contributed by atoms with Crippen LogP contribution in [0, 0.1) is 0 Å². The van der Waals surface area contributed by atoms with Gasteiger partial charge >= 0.3 is 0 Å². The van der Waals surface area contributed by atoms with Gasteiger partial charge in [0.25, 0.3) is 0 Å². The van der Waals surface area contributed by atoms with Gasteiger partial charge in [0.15, 0.2) is 0 Å². The Bertz CT molecular complexity index is 563. The van der Waals surface area contributed by atoms with Crippen LogP contribution in [0.15, 0.2) is 47.2 Å².